The number of aryl methyl sites for hydroxylation is 1. The molecule has 0 aliphatic heterocycles. The maximum absolute atomic E-state index is 11.6. The molecular weight excluding hydrogens is 300 g/mol. The number of hydrogen-bond acceptors (Lipinski definition) is 3. The van der Waals surface area contributed by atoms with Crippen molar-refractivity contribution in [3.63, 3.8) is 0 Å². The predicted octanol–water partition coefficient (Wildman–Crippen LogP) is 3.64. The van der Waals surface area contributed by atoms with Crippen molar-refractivity contribution in [3.8, 4) is 0 Å². The summed E-state index contributed by atoms with van der Waals surface area (Å²) in [5.74, 6) is 0.725. The number of rotatable bonds is 7. The number of ether oxygens (including phenoxy) is 1. The molecule has 0 N–H and O–H groups in total. The maximum Gasteiger partial charge on any atom is 0.311 e. The molecule has 118 valence electrons. The summed E-state index contributed by atoms with van der Waals surface area (Å²) in [5, 5.41) is 0.724. The van der Waals surface area contributed by atoms with Gasteiger partial charge in [-0.3, -0.25) is 4.79 Å². The quantitative estimate of drug-likeness (QED) is 0.731. The number of hydrogen-bond donors (Lipinski definition) is 0. The Morgan fingerprint density at radius 1 is 1.36 bits per heavy atom. The fourth-order valence-electron chi connectivity index (χ4n) is 2.34. The van der Waals surface area contributed by atoms with Crippen LogP contribution in [-0.2, 0) is 28.9 Å². The van der Waals surface area contributed by atoms with Gasteiger partial charge in [0, 0.05) is 23.3 Å². The zero-order valence-electron chi connectivity index (χ0n) is 13.0. The summed E-state index contributed by atoms with van der Waals surface area (Å²) < 4.78 is 6.84. The highest BCUT2D eigenvalue weighted by Gasteiger charge is 2.14. The number of unbranched alkanes of at least 4 members (excludes halogenated alkanes) is 1. The number of carbonyl (C=O) groups is 1. The van der Waals surface area contributed by atoms with Gasteiger partial charge in [-0.15, -0.1) is 0 Å². The largest absolute Gasteiger partial charge is 0.469 e. The molecule has 0 aliphatic carbocycles. The molecule has 1 aromatic heterocycles. The second-order valence-corrected chi connectivity index (χ2v) is 5.61. The van der Waals surface area contributed by atoms with Gasteiger partial charge in [-0.25, -0.2) is 4.98 Å². The van der Waals surface area contributed by atoms with Gasteiger partial charge in [0.2, 0.25) is 0 Å². The summed E-state index contributed by atoms with van der Waals surface area (Å²) in [6.07, 6.45) is 5.05. The average molecular weight is 321 g/mol. The van der Waals surface area contributed by atoms with Gasteiger partial charge >= 0.3 is 5.97 Å². The van der Waals surface area contributed by atoms with E-state index in [1.165, 1.54) is 7.11 Å². The molecule has 0 saturated carbocycles. The van der Waals surface area contributed by atoms with Crippen molar-refractivity contribution in [2.24, 2.45) is 0 Å². The van der Waals surface area contributed by atoms with Gasteiger partial charge in [0.1, 0.15) is 5.82 Å². The lowest BCUT2D eigenvalue weighted by atomic mass is 10.2. The van der Waals surface area contributed by atoms with Crippen molar-refractivity contribution in [2.45, 2.75) is 39.2 Å². The number of aromatic nitrogens is 2. The molecule has 0 aliphatic rings. The second-order valence-electron chi connectivity index (χ2n) is 5.20. The van der Waals surface area contributed by atoms with Crippen LogP contribution in [0, 0.1) is 0 Å². The van der Waals surface area contributed by atoms with Gasteiger partial charge in [-0.2, -0.15) is 0 Å². The summed E-state index contributed by atoms with van der Waals surface area (Å²) in [4.78, 5) is 16.1. The Kier molecular flexibility index (Phi) is 6.01. The Bertz CT molecular complexity index is 637. The van der Waals surface area contributed by atoms with E-state index >= 15 is 0 Å². The van der Waals surface area contributed by atoms with Crippen molar-refractivity contribution >= 4 is 17.6 Å². The molecule has 0 bridgehead atoms. The van der Waals surface area contributed by atoms with E-state index in [1.807, 2.05) is 24.3 Å². The Balaban J connectivity index is 2.30. The minimum atomic E-state index is -0.262. The van der Waals surface area contributed by atoms with Crippen molar-refractivity contribution in [2.75, 3.05) is 7.11 Å². The maximum atomic E-state index is 11.6. The monoisotopic (exact) mass is 320 g/mol. The highest BCUT2D eigenvalue weighted by Crippen LogP contribution is 2.19. The molecule has 0 unspecified atom stereocenters. The van der Waals surface area contributed by atoms with E-state index in [1.54, 1.807) is 6.20 Å². The molecule has 0 spiro atoms. The van der Waals surface area contributed by atoms with Gasteiger partial charge in [0.15, 0.2) is 0 Å². The van der Waals surface area contributed by atoms with Crippen LogP contribution in [-0.4, -0.2) is 22.6 Å². The minimum absolute atomic E-state index is 0.222. The zero-order valence-corrected chi connectivity index (χ0v) is 13.8. The first-order chi connectivity index (χ1) is 10.7. The first kappa shape index (κ1) is 16.6. The Morgan fingerprint density at radius 2 is 2.14 bits per heavy atom. The molecule has 1 aromatic carbocycles. The van der Waals surface area contributed by atoms with Crippen molar-refractivity contribution in [1.29, 1.82) is 0 Å². The third-order valence-electron chi connectivity index (χ3n) is 3.61. The summed E-state index contributed by atoms with van der Waals surface area (Å²) in [5.41, 5.74) is 1.88. The lowest BCUT2D eigenvalue weighted by molar-refractivity contribution is -0.139. The number of carbonyl (C=O) groups excluding carboxylic acids is 1. The molecule has 1 heterocycles. The van der Waals surface area contributed by atoms with Crippen LogP contribution in [0.4, 0.5) is 0 Å². The van der Waals surface area contributed by atoms with Crippen LogP contribution in [0.5, 0.6) is 0 Å². The van der Waals surface area contributed by atoms with E-state index in [4.69, 9.17) is 16.3 Å². The SMILES string of the molecule is CCCCc1ncc(CC(=O)OC)n1Cc1ccccc1Cl. The fraction of sp³-hybridized carbons (Fsp3) is 0.412. The molecule has 0 amide bonds. The number of imidazole rings is 1. The van der Waals surface area contributed by atoms with Gasteiger partial charge in [-0.1, -0.05) is 43.1 Å². The topological polar surface area (TPSA) is 44.1 Å². The van der Waals surface area contributed by atoms with Gasteiger partial charge in [0.25, 0.3) is 0 Å². The van der Waals surface area contributed by atoms with Crippen LogP contribution < -0.4 is 0 Å². The first-order valence-corrected chi connectivity index (χ1v) is 7.87. The Hall–Kier alpha value is -1.81. The molecule has 22 heavy (non-hydrogen) atoms. The first-order valence-electron chi connectivity index (χ1n) is 7.49. The fourth-order valence-corrected chi connectivity index (χ4v) is 2.53. The Morgan fingerprint density at radius 3 is 2.82 bits per heavy atom. The smallest absolute Gasteiger partial charge is 0.311 e. The van der Waals surface area contributed by atoms with Gasteiger partial charge in [-0.05, 0) is 18.1 Å². The number of methoxy groups -OCH3 is 1. The molecule has 0 radical (unpaired) electrons. The normalized spacial score (nSPS) is 10.7. The molecule has 2 rings (SSSR count). The number of esters is 1. The zero-order chi connectivity index (χ0) is 15.9. The van der Waals surface area contributed by atoms with Crippen molar-refractivity contribution in [3.05, 3.63) is 52.6 Å². The third-order valence-corrected chi connectivity index (χ3v) is 3.98. The summed E-state index contributed by atoms with van der Waals surface area (Å²) >= 11 is 6.26. The number of halogens is 1. The highest BCUT2D eigenvalue weighted by molar-refractivity contribution is 6.31. The van der Waals surface area contributed by atoms with Crippen molar-refractivity contribution in [1.82, 2.24) is 9.55 Å². The average Bonchev–Trinajstić information content (AvgIpc) is 2.89. The second kappa shape index (κ2) is 7.99. The van der Waals surface area contributed by atoms with Gasteiger partial charge in [0.05, 0.1) is 20.1 Å². The molecule has 2 aromatic rings. The minimum Gasteiger partial charge on any atom is -0.469 e. The van der Waals surface area contributed by atoms with Crippen LogP contribution in [0.15, 0.2) is 30.5 Å². The predicted molar refractivity (Wildman–Crippen MR) is 87.1 cm³/mol. The van der Waals surface area contributed by atoms with E-state index < -0.39 is 0 Å². The summed E-state index contributed by atoms with van der Waals surface area (Å²) in [7, 11) is 1.40. The van der Waals surface area contributed by atoms with Crippen LogP contribution in [0.1, 0.15) is 36.8 Å². The molecule has 0 fully saturated rings. The molecule has 0 saturated heterocycles. The highest BCUT2D eigenvalue weighted by atomic mass is 35.5. The number of nitrogens with zero attached hydrogens (tertiary/aromatic N) is 2. The molecule has 0 atom stereocenters. The third kappa shape index (κ3) is 4.10. The van der Waals surface area contributed by atoms with Gasteiger partial charge < -0.3 is 9.30 Å². The molecular formula is C17H21ClN2O2. The number of benzene rings is 1. The van der Waals surface area contributed by atoms with Crippen LogP contribution in [0.3, 0.4) is 0 Å². The van der Waals surface area contributed by atoms with Crippen LogP contribution >= 0.6 is 11.6 Å². The molecule has 4 nitrogen and oxygen atoms in total. The van der Waals surface area contributed by atoms with E-state index in [9.17, 15) is 4.79 Å². The standard InChI is InChI=1S/C17H21ClN2O2/c1-3-4-9-16-19-11-14(10-17(21)22-2)20(16)12-13-7-5-6-8-15(13)18/h5-8,11H,3-4,9-10,12H2,1-2H3. The van der Waals surface area contributed by atoms with E-state index in [-0.39, 0.29) is 12.4 Å². The van der Waals surface area contributed by atoms with Crippen molar-refractivity contribution < 1.29 is 9.53 Å². The summed E-state index contributed by atoms with van der Waals surface area (Å²) in [6.45, 7) is 2.77. The molecule has 5 heteroatoms. The lowest BCUT2D eigenvalue weighted by Crippen LogP contribution is -2.13. The lowest BCUT2D eigenvalue weighted by Gasteiger charge is -2.13. The van der Waals surface area contributed by atoms with E-state index in [0.717, 1.165) is 41.4 Å². The summed E-state index contributed by atoms with van der Waals surface area (Å²) in [6, 6.07) is 7.74. The van der Waals surface area contributed by atoms with E-state index in [2.05, 4.69) is 16.5 Å². The van der Waals surface area contributed by atoms with Crippen LogP contribution in [0.2, 0.25) is 5.02 Å². The van der Waals surface area contributed by atoms with E-state index in [0.29, 0.717) is 6.54 Å². The van der Waals surface area contributed by atoms with Crippen LogP contribution in [0.25, 0.3) is 0 Å². The Labute approximate surface area is 136 Å².